The first-order chi connectivity index (χ1) is 9.28. The molecule has 0 aliphatic rings. The van der Waals surface area contributed by atoms with Crippen LogP contribution in [0.3, 0.4) is 0 Å². The molecule has 2 heterocycles. The van der Waals surface area contributed by atoms with E-state index in [0.29, 0.717) is 11.6 Å². The molecule has 2 aromatic heterocycles. The van der Waals surface area contributed by atoms with Gasteiger partial charge in [-0.3, -0.25) is 10.1 Å². The van der Waals surface area contributed by atoms with Crippen LogP contribution in [-0.2, 0) is 6.54 Å². The molecule has 96 valence electrons. The first kappa shape index (κ1) is 11.5. The number of carbonyl (C=O) groups is 1. The van der Waals surface area contributed by atoms with E-state index in [1.165, 1.54) is 0 Å². The molecule has 0 fully saturated rings. The van der Waals surface area contributed by atoms with Crippen molar-refractivity contribution in [2.75, 3.05) is 5.32 Å². The summed E-state index contributed by atoms with van der Waals surface area (Å²) in [5.41, 5.74) is 2.37. The van der Waals surface area contributed by atoms with E-state index < -0.39 is 0 Å². The predicted octanol–water partition coefficient (Wildman–Crippen LogP) is 2.64. The third-order valence-electron chi connectivity index (χ3n) is 3.02. The quantitative estimate of drug-likeness (QED) is 0.754. The van der Waals surface area contributed by atoms with Crippen molar-refractivity contribution in [2.45, 2.75) is 13.5 Å². The van der Waals surface area contributed by atoms with Crippen molar-refractivity contribution in [3.8, 4) is 0 Å². The third-order valence-corrected chi connectivity index (χ3v) is 3.02. The van der Waals surface area contributed by atoms with E-state index in [4.69, 9.17) is 0 Å². The van der Waals surface area contributed by atoms with E-state index in [1.54, 1.807) is 6.07 Å². The highest BCUT2D eigenvalue weighted by atomic mass is 16.2. The Morgan fingerprint density at radius 1 is 1.32 bits per heavy atom. The van der Waals surface area contributed by atoms with E-state index in [2.05, 4.69) is 15.3 Å². The minimum absolute atomic E-state index is 0.161. The highest BCUT2D eigenvalue weighted by Crippen LogP contribution is 2.14. The lowest BCUT2D eigenvalue weighted by Gasteiger charge is -2.05. The minimum atomic E-state index is -0.161. The zero-order valence-corrected chi connectivity index (χ0v) is 10.6. The zero-order chi connectivity index (χ0) is 13.2. The minimum Gasteiger partial charge on any atom is -0.344 e. The molecule has 5 nitrogen and oxygen atoms in total. The van der Waals surface area contributed by atoms with Crippen molar-refractivity contribution >= 4 is 22.9 Å². The summed E-state index contributed by atoms with van der Waals surface area (Å²) in [6, 6.07) is 11.3. The van der Waals surface area contributed by atoms with Crippen molar-refractivity contribution in [3.05, 3.63) is 48.3 Å². The maximum absolute atomic E-state index is 12.1. The number of amides is 1. The molecule has 0 saturated heterocycles. The van der Waals surface area contributed by atoms with Crippen LogP contribution >= 0.6 is 0 Å². The Morgan fingerprint density at radius 2 is 2.16 bits per heavy atom. The van der Waals surface area contributed by atoms with Gasteiger partial charge in [-0.15, -0.1) is 0 Å². The molecule has 1 amide bonds. The number of H-pyrrole nitrogens is 1. The van der Waals surface area contributed by atoms with Gasteiger partial charge < -0.3 is 9.55 Å². The number of carbonyl (C=O) groups excluding carboxylic acids is 1. The average Bonchev–Trinajstić information content (AvgIpc) is 3.03. The molecule has 2 N–H and O–H groups in total. The molecule has 0 spiro atoms. The van der Waals surface area contributed by atoms with Crippen LogP contribution in [0.2, 0.25) is 0 Å². The van der Waals surface area contributed by atoms with Gasteiger partial charge >= 0.3 is 0 Å². The molecule has 3 aromatic rings. The number of nitrogens with zero attached hydrogens (tertiary/aromatic N) is 2. The topological polar surface area (TPSA) is 62.7 Å². The Kier molecular flexibility index (Phi) is 2.79. The van der Waals surface area contributed by atoms with Gasteiger partial charge in [0, 0.05) is 12.7 Å². The van der Waals surface area contributed by atoms with Crippen LogP contribution in [0.25, 0.3) is 11.0 Å². The fourth-order valence-electron chi connectivity index (χ4n) is 2.08. The van der Waals surface area contributed by atoms with Gasteiger partial charge in [-0.25, -0.2) is 4.98 Å². The van der Waals surface area contributed by atoms with E-state index in [1.807, 2.05) is 48.0 Å². The van der Waals surface area contributed by atoms with Crippen molar-refractivity contribution in [3.63, 3.8) is 0 Å². The maximum Gasteiger partial charge on any atom is 0.274 e. The second kappa shape index (κ2) is 4.61. The summed E-state index contributed by atoms with van der Waals surface area (Å²) >= 11 is 0. The maximum atomic E-state index is 12.1. The van der Waals surface area contributed by atoms with Gasteiger partial charge in [0.25, 0.3) is 5.91 Å². The van der Waals surface area contributed by atoms with Crippen molar-refractivity contribution in [1.29, 1.82) is 0 Å². The molecular formula is C14H14N4O. The number of aromatic nitrogens is 3. The molecule has 0 aliphatic heterocycles. The van der Waals surface area contributed by atoms with Gasteiger partial charge in [0.2, 0.25) is 5.95 Å². The molecular weight excluding hydrogens is 240 g/mol. The molecule has 0 aliphatic carbocycles. The molecule has 0 atom stereocenters. The second-order valence-electron chi connectivity index (χ2n) is 4.24. The Balaban J connectivity index is 1.86. The zero-order valence-electron chi connectivity index (χ0n) is 10.6. The summed E-state index contributed by atoms with van der Waals surface area (Å²) in [4.78, 5) is 19.5. The molecule has 3 rings (SSSR count). The number of nitrogens with one attached hydrogen (secondary N) is 2. The number of fused-ring (bicyclic) bond motifs is 1. The standard InChI is InChI=1S/C14H14N4O/c1-2-18-9-5-8-12(18)13(19)17-14-15-10-6-3-4-7-11(10)16-14/h3-9H,2H2,1H3,(H2,15,16,17,19). The summed E-state index contributed by atoms with van der Waals surface area (Å²) in [5.74, 6) is 0.306. The monoisotopic (exact) mass is 254 g/mol. The summed E-state index contributed by atoms with van der Waals surface area (Å²) in [5, 5.41) is 2.78. The van der Waals surface area contributed by atoms with E-state index in [0.717, 1.165) is 17.6 Å². The normalized spacial score (nSPS) is 10.8. The largest absolute Gasteiger partial charge is 0.344 e. The summed E-state index contributed by atoms with van der Waals surface area (Å²) in [7, 11) is 0. The van der Waals surface area contributed by atoms with Gasteiger partial charge in [-0.2, -0.15) is 0 Å². The highest BCUT2D eigenvalue weighted by molar-refractivity contribution is 6.02. The number of hydrogen-bond acceptors (Lipinski definition) is 2. The van der Waals surface area contributed by atoms with Gasteiger partial charge in [0.15, 0.2) is 0 Å². The second-order valence-corrected chi connectivity index (χ2v) is 4.24. The lowest BCUT2D eigenvalue weighted by molar-refractivity contribution is 0.101. The number of aryl methyl sites for hydroxylation is 1. The fraction of sp³-hybridized carbons (Fsp3) is 0.143. The molecule has 1 aromatic carbocycles. The Morgan fingerprint density at radius 3 is 2.95 bits per heavy atom. The SMILES string of the molecule is CCn1cccc1C(=O)Nc1nc2ccccc2[nH]1. The number of para-hydroxylation sites is 2. The van der Waals surface area contributed by atoms with Crippen LogP contribution in [0, 0.1) is 0 Å². The summed E-state index contributed by atoms with van der Waals surface area (Å²) in [6.07, 6.45) is 1.88. The molecule has 19 heavy (non-hydrogen) atoms. The van der Waals surface area contributed by atoms with Crippen LogP contribution in [0.15, 0.2) is 42.6 Å². The van der Waals surface area contributed by atoms with Gasteiger partial charge in [0.1, 0.15) is 5.69 Å². The van der Waals surface area contributed by atoms with Crippen LogP contribution in [0.1, 0.15) is 17.4 Å². The molecule has 0 radical (unpaired) electrons. The number of aromatic amines is 1. The third kappa shape index (κ3) is 2.10. The number of benzene rings is 1. The van der Waals surface area contributed by atoms with Gasteiger partial charge in [-0.1, -0.05) is 12.1 Å². The Bertz CT molecular complexity index is 693. The van der Waals surface area contributed by atoms with Crippen molar-refractivity contribution in [1.82, 2.24) is 14.5 Å². The van der Waals surface area contributed by atoms with Crippen LogP contribution < -0.4 is 5.32 Å². The lowest BCUT2D eigenvalue weighted by atomic mass is 10.3. The van der Waals surface area contributed by atoms with Gasteiger partial charge in [-0.05, 0) is 31.2 Å². The first-order valence-corrected chi connectivity index (χ1v) is 6.19. The Labute approximate surface area is 110 Å². The first-order valence-electron chi connectivity index (χ1n) is 6.19. The fourth-order valence-corrected chi connectivity index (χ4v) is 2.08. The van der Waals surface area contributed by atoms with E-state index in [9.17, 15) is 4.79 Å². The number of rotatable bonds is 3. The Hall–Kier alpha value is -2.56. The van der Waals surface area contributed by atoms with Crippen LogP contribution in [0.5, 0.6) is 0 Å². The number of imidazole rings is 1. The molecule has 0 bridgehead atoms. The molecule has 5 heteroatoms. The highest BCUT2D eigenvalue weighted by Gasteiger charge is 2.12. The van der Waals surface area contributed by atoms with Gasteiger partial charge in [0.05, 0.1) is 11.0 Å². The average molecular weight is 254 g/mol. The van der Waals surface area contributed by atoms with Crippen molar-refractivity contribution < 1.29 is 4.79 Å². The van der Waals surface area contributed by atoms with Crippen LogP contribution in [-0.4, -0.2) is 20.4 Å². The molecule has 0 saturated carbocycles. The molecule has 0 unspecified atom stereocenters. The number of hydrogen-bond donors (Lipinski definition) is 2. The summed E-state index contributed by atoms with van der Waals surface area (Å²) in [6.45, 7) is 2.76. The lowest BCUT2D eigenvalue weighted by Crippen LogP contribution is -2.17. The van der Waals surface area contributed by atoms with Crippen LogP contribution in [0.4, 0.5) is 5.95 Å². The van der Waals surface area contributed by atoms with Crippen molar-refractivity contribution in [2.24, 2.45) is 0 Å². The number of anilines is 1. The smallest absolute Gasteiger partial charge is 0.274 e. The van der Waals surface area contributed by atoms with E-state index in [-0.39, 0.29) is 5.91 Å². The van der Waals surface area contributed by atoms with E-state index >= 15 is 0 Å². The predicted molar refractivity (Wildman–Crippen MR) is 74.2 cm³/mol. The summed E-state index contributed by atoms with van der Waals surface area (Å²) < 4.78 is 1.89.